The number of nitrogens with zero attached hydrogens (tertiary/aromatic N) is 1. The second kappa shape index (κ2) is 6.62. The molecule has 3 heteroatoms. The lowest BCUT2D eigenvalue weighted by molar-refractivity contribution is 0.303. The quantitative estimate of drug-likeness (QED) is 0.752. The maximum absolute atomic E-state index is 5.92. The Morgan fingerprint density at radius 3 is 2.87 bits per heavy atom. The molecular formula is C12H17ClN2. The van der Waals surface area contributed by atoms with Crippen LogP contribution >= 0.6 is 11.6 Å². The van der Waals surface area contributed by atoms with Crippen molar-refractivity contribution in [3.63, 3.8) is 0 Å². The van der Waals surface area contributed by atoms with E-state index in [1.165, 1.54) is 5.56 Å². The Bertz CT molecular complexity index is 312. The lowest BCUT2D eigenvalue weighted by atomic mass is 10.2. The van der Waals surface area contributed by atoms with Crippen LogP contribution in [0.4, 0.5) is 0 Å². The zero-order chi connectivity index (χ0) is 11.1. The van der Waals surface area contributed by atoms with E-state index in [0.29, 0.717) is 6.54 Å². The molecule has 0 aliphatic heterocycles. The van der Waals surface area contributed by atoms with E-state index in [0.717, 1.165) is 24.7 Å². The number of rotatable bonds is 6. The van der Waals surface area contributed by atoms with Gasteiger partial charge in [-0.25, -0.2) is 0 Å². The number of halogens is 1. The molecule has 0 heterocycles. The van der Waals surface area contributed by atoms with Crippen LogP contribution in [0.5, 0.6) is 0 Å². The van der Waals surface area contributed by atoms with Gasteiger partial charge in [-0.15, -0.1) is 6.58 Å². The second-order valence-electron chi connectivity index (χ2n) is 3.44. The predicted octanol–water partition coefficient (Wildman–Crippen LogP) is 2.29. The normalized spacial score (nSPS) is 10.6. The number of hydrogen-bond donors (Lipinski definition) is 1. The van der Waals surface area contributed by atoms with E-state index in [4.69, 9.17) is 17.3 Å². The average molecular weight is 225 g/mol. The fraction of sp³-hybridized carbons (Fsp3) is 0.333. The molecule has 1 aromatic carbocycles. The molecule has 0 fully saturated rings. The van der Waals surface area contributed by atoms with Gasteiger partial charge in [-0.2, -0.15) is 0 Å². The van der Waals surface area contributed by atoms with Gasteiger partial charge in [-0.05, 0) is 17.7 Å². The summed E-state index contributed by atoms with van der Waals surface area (Å²) in [5.74, 6) is 0. The van der Waals surface area contributed by atoms with Gasteiger partial charge in [0, 0.05) is 31.2 Å². The molecule has 1 aromatic rings. The molecule has 0 radical (unpaired) electrons. The highest BCUT2D eigenvalue weighted by molar-refractivity contribution is 6.30. The topological polar surface area (TPSA) is 29.3 Å². The zero-order valence-corrected chi connectivity index (χ0v) is 9.58. The molecule has 0 amide bonds. The minimum atomic E-state index is 0.661. The molecule has 0 saturated carbocycles. The van der Waals surface area contributed by atoms with Crippen LogP contribution in [-0.2, 0) is 6.54 Å². The van der Waals surface area contributed by atoms with Gasteiger partial charge in [0.2, 0.25) is 0 Å². The van der Waals surface area contributed by atoms with E-state index in [-0.39, 0.29) is 0 Å². The predicted molar refractivity (Wildman–Crippen MR) is 66.0 cm³/mol. The summed E-state index contributed by atoms with van der Waals surface area (Å²) in [7, 11) is 0. The molecule has 15 heavy (non-hydrogen) atoms. The summed E-state index contributed by atoms with van der Waals surface area (Å²) in [5, 5.41) is 0.777. The average Bonchev–Trinajstić information content (AvgIpc) is 2.18. The molecule has 0 aliphatic carbocycles. The minimum Gasteiger partial charge on any atom is -0.329 e. The minimum absolute atomic E-state index is 0.661. The number of benzene rings is 1. The van der Waals surface area contributed by atoms with Crippen LogP contribution in [0, 0.1) is 0 Å². The van der Waals surface area contributed by atoms with E-state index >= 15 is 0 Å². The first-order valence-corrected chi connectivity index (χ1v) is 5.42. The molecule has 0 aliphatic rings. The Morgan fingerprint density at radius 1 is 1.47 bits per heavy atom. The summed E-state index contributed by atoms with van der Waals surface area (Å²) in [6.07, 6.45) is 1.89. The summed E-state index contributed by atoms with van der Waals surface area (Å²) in [6, 6.07) is 7.89. The van der Waals surface area contributed by atoms with Crippen molar-refractivity contribution in [2.75, 3.05) is 19.6 Å². The zero-order valence-electron chi connectivity index (χ0n) is 8.82. The van der Waals surface area contributed by atoms with Crippen LogP contribution in [0.15, 0.2) is 36.9 Å². The van der Waals surface area contributed by atoms with E-state index in [1.54, 1.807) is 0 Å². The van der Waals surface area contributed by atoms with Crippen LogP contribution in [-0.4, -0.2) is 24.5 Å². The Morgan fingerprint density at radius 2 is 2.27 bits per heavy atom. The molecule has 0 bridgehead atoms. The van der Waals surface area contributed by atoms with E-state index < -0.39 is 0 Å². The van der Waals surface area contributed by atoms with Crippen molar-refractivity contribution >= 4 is 11.6 Å². The Kier molecular flexibility index (Phi) is 5.40. The SMILES string of the molecule is C=CCN(CCN)Cc1cccc(Cl)c1. The summed E-state index contributed by atoms with van der Waals surface area (Å²) in [5.41, 5.74) is 6.75. The third-order valence-corrected chi connectivity index (χ3v) is 2.36. The maximum atomic E-state index is 5.92. The lowest BCUT2D eigenvalue weighted by Gasteiger charge is -2.19. The summed E-state index contributed by atoms with van der Waals surface area (Å²) >= 11 is 5.92. The van der Waals surface area contributed by atoms with Gasteiger partial charge < -0.3 is 5.73 Å². The van der Waals surface area contributed by atoms with E-state index in [9.17, 15) is 0 Å². The molecular weight excluding hydrogens is 208 g/mol. The smallest absolute Gasteiger partial charge is 0.0409 e. The summed E-state index contributed by atoms with van der Waals surface area (Å²) < 4.78 is 0. The third kappa shape index (κ3) is 4.47. The summed E-state index contributed by atoms with van der Waals surface area (Å²) in [6.45, 7) is 6.98. The molecule has 0 atom stereocenters. The van der Waals surface area contributed by atoms with Gasteiger partial charge in [0.1, 0.15) is 0 Å². The molecule has 0 saturated heterocycles. The number of hydrogen-bond acceptors (Lipinski definition) is 2. The van der Waals surface area contributed by atoms with Crippen LogP contribution in [0.25, 0.3) is 0 Å². The third-order valence-electron chi connectivity index (χ3n) is 2.13. The lowest BCUT2D eigenvalue weighted by Crippen LogP contribution is -2.29. The van der Waals surface area contributed by atoms with Crippen molar-refractivity contribution in [2.45, 2.75) is 6.54 Å². The van der Waals surface area contributed by atoms with Crippen LogP contribution in [0.1, 0.15) is 5.56 Å². The van der Waals surface area contributed by atoms with Gasteiger partial charge in [-0.1, -0.05) is 29.8 Å². The van der Waals surface area contributed by atoms with E-state index in [2.05, 4.69) is 17.5 Å². The molecule has 0 unspecified atom stereocenters. The van der Waals surface area contributed by atoms with Crippen LogP contribution in [0.3, 0.4) is 0 Å². The molecule has 1 rings (SSSR count). The van der Waals surface area contributed by atoms with Crippen molar-refractivity contribution in [3.05, 3.63) is 47.5 Å². The van der Waals surface area contributed by atoms with Gasteiger partial charge in [0.25, 0.3) is 0 Å². The molecule has 2 nitrogen and oxygen atoms in total. The fourth-order valence-electron chi connectivity index (χ4n) is 1.49. The van der Waals surface area contributed by atoms with Gasteiger partial charge >= 0.3 is 0 Å². The van der Waals surface area contributed by atoms with Crippen molar-refractivity contribution in [1.29, 1.82) is 0 Å². The second-order valence-corrected chi connectivity index (χ2v) is 3.88. The largest absolute Gasteiger partial charge is 0.329 e. The first-order valence-electron chi connectivity index (χ1n) is 5.04. The Balaban J connectivity index is 2.60. The number of nitrogens with two attached hydrogens (primary N) is 1. The molecule has 0 aromatic heterocycles. The van der Waals surface area contributed by atoms with Crippen LogP contribution in [0.2, 0.25) is 5.02 Å². The van der Waals surface area contributed by atoms with Crippen LogP contribution < -0.4 is 5.73 Å². The summed E-state index contributed by atoms with van der Waals surface area (Å²) in [4.78, 5) is 2.23. The highest BCUT2D eigenvalue weighted by atomic mass is 35.5. The van der Waals surface area contributed by atoms with Crippen molar-refractivity contribution in [3.8, 4) is 0 Å². The van der Waals surface area contributed by atoms with Gasteiger partial charge in [0.15, 0.2) is 0 Å². The fourth-order valence-corrected chi connectivity index (χ4v) is 1.71. The molecule has 82 valence electrons. The Labute approximate surface area is 96.3 Å². The van der Waals surface area contributed by atoms with Gasteiger partial charge in [0.05, 0.1) is 0 Å². The van der Waals surface area contributed by atoms with Gasteiger partial charge in [-0.3, -0.25) is 4.90 Å². The van der Waals surface area contributed by atoms with Crippen molar-refractivity contribution in [2.24, 2.45) is 5.73 Å². The monoisotopic (exact) mass is 224 g/mol. The maximum Gasteiger partial charge on any atom is 0.0409 e. The molecule has 2 N–H and O–H groups in total. The Hall–Kier alpha value is -0.830. The highest BCUT2D eigenvalue weighted by Crippen LogP contribution is 2.12. The molecule has 0 spiro atoms. The first kappa shape index (κ1) is 12.2. The van der Waals surface area contributed by atoms with Crippen molar-refractivity contribution in [1.82, 2.24) is 4.90 Å². The standard InChI is InChI=1S/C12H17ClN2/c1-2-7-15(8-6-14)10-11-4-3-5-12(13)9-11/h2-5,9H,1,6-8,10,14H2. The highest BCUT2D eigenvalue weighted by Gasteiger charge is 2.03. The van der Waals surface area contributed by atoms with Crippen molar-refractivity contribution < 1.29 is 0 Å². The first-order chi connectivity index (χ1) is 7.26. The van der Waals surface area contributed by atoms with E-state index in [1.807, 2.05) is 24.3 Å².